The summed E-state index contributed by atoms with van der Waals surface area (Å²) in [6, 6.07) is 10.1. The normalized spacial score (nSPS) is 12.4. The fraction of sp³-hybridized carbons (Fsp3) is 0.250. The van der Waals surface area contributed by atoms with Crippen molar-refractivity contribution in [1.29, 1.82) is 0 Å². The van der Waals surface area contributed by atoms with E-state index in [0.717, 1.165) is 17.7 Å². The van der Waals surface area contributed by atoms with Crippen LogP contribution < -0.4 is 5.32 Å². The van der Waals surface area contributed by atoms with E-state index >= 15 is 0 Å². The van der Waals surface area contributed by atoms with E-state index in [4.69, 9.17) is 34.8 Å². The third-order valence-corrected chi connectivity index (χ3v) is 4.09. The smallest absolute Gasteiger partial charge is 0.142 e. The van der Waals surface area contributed by atoms with Gasteiger partial charge in [-0.15, -0.1) is 0 Å². The van der Waals surface area contributed by atoms with Crippen molar-refractivity contribution in [1.82, 2.24) is 5.32 Å². The molecule has 112 valence electrons. The first-order valence-corrected chi connectivity index (χ1v) is 7.77. The molecular weight excluding hydrogens is 332 g/mol. The highest BCUT2D eigenvalue weighted by molar-refractivity contribution is 6.33. The summed E-state index contributed by atoms with van der Waals surface area (Å²) in [5, 5.41) is 4.74. The van der Waals surface area contributed by atoms with E-state index in [1.165, 1.54) is 6.07 Å². The van der Waals surface area contributed by atoms with Crippen molar-refractivity contribution in [2.75, 3.05) is 6.54 Å². The zero-order chi connectivity index (χ0) is 15.4. The van der Waals surface area contributed by atoms with Crippen molar-refractivity contribution in [3.8, 4) is 0 Å². The molecule has 21 heavy (non-hydrogen) atoms. The molecule has 0 fully saturated rings. The lowest BCUT2D eigenvalue weighted by Crippen LogP contribution is -2.23. The molecule has 0 saturated heterocycles. The summed E-state index contributed by atoms with van der Waals surface area (Å²) in [7, 11) is 0. The monoisotopic (exact) mass is 345 g/mol. The number of halogens is 4. The highest BCUT2D eigenvalue weighted by atomic mass is 35.5. The fourth-order valence-electron chi connectivity index (χ4n) is 2.22. The van der Waals surface area contributed by atoms with E-state index in [0.29, 0.717) is 16.5 Å². The van der Waals surface area contributed by atoms with Crippen LogP contribution in [0.3, 0.4) is 0 Å². The lowest BCUT2D eigenvalue weighted by molar-refractivity contribution is 0.547. The number of hydrogen-bond acceptors (Lipinski definition) is 1. The molecule has 0 saturated carbocycles. The van der Waals surface area contributed by atoms with Crippen LogP contribution in [0.2, 0.25) is 15.1 Å². The minimum absolute atomic E-state index is 0.0400. The van der Waals surface area contributed by atoms with E-state index in [2.05, 4.69) is 5.32 Å². The Morgan fingerprint density at radius 1 is 1.05 bits per heavy atom. The first-order valence-electron chi connectivity index (χ1n) is 6.63. The molecule has 0 aliphatic heterocycles. The van der Waals surface area contributed by atoms with Gasteiger partial charge in [-0.3, -0.25) is 0 Å². The van der Waals surface area contributed by atoms with E-state index in [9.17, 15) is 4.39 Å². The van der Waals surface area contributed by atoms with Gasteiger partial charge in [0.05, 0.1) is 5.02 Å². The van der Waals surface area contributed by atoms with Crippen molar-refractivity contribution in [2.24, 2.45) is 0 Å². The molecule has 1 atom stereocenters. The van der Waals surface area contributed by atoms with Crippen LogP contribution in [-0.4, -0.2) is 6.54 Å². The number of hydrogen-bond donors (Lipinski definition) is 1. The zero-order valence-corrected chi connectivity index (χ0v) is 13.7. The summed E-state index contributed by atoms with van der Waals surface area (Å²) in [5.41, 5.74) is 1.75. The molecule has 0 aliphatic carbocycles. The van der Waals surface area contributed by atoms with Gasteiger partial charge in [-0.25, -0.2) is 4.39 Å². The van der Waals surface area contributed by atoms with Gasteiger partial charge < -0.3 is 5.32 Å². The molecule has 2 rings (SSSR count). The second kappa shape index (κ2) is 7.46. The van der Waals surface area contributed by atoms with Crippen LogP contribution in [0.4, 0.5) is 4.39 Å². The van der Waals surface area contributed by atoms with Crippen LogP contribution in [0.15, 0.2) is 36.4 Å². The predicted molar refractivity (Wildman–Crippen MR) is 88.0 cm³/mol. The lowest BCUT2D eigenvalue weighted by Gasteiger charge is -2.20. The van der Waals surface area contributed by atoms with Crippen molar-refractivity contribution in [3.05, 3.63) is 68.4 Å². The predicted octanol–water partition coefficient (Wildman–Crippen LogP) is 5.68. The minimum atomic E-state index is -0.415. The number of rotatable bonds is 5. The second-order valence-corrected chi connectivity index (χ2v) is 5.98. The first-order chi connectivity index (χ1) is 10.0. The summed E-state index contributed by atoms with van der Waals surface area (Å²) in [4.78, 5) is 0. The van der Waals surface area contributed by atoms with E-state index in [1.807, 2.05) is 19.1 Å². The Bertz CT molecular complexity index is 631. The molecule has 0 aliphatic rings. The molecule has 0 bridgehead atoms. The van der Waals surface area contributed by atoms with Crippen LogP contribution in [0.5, 0.6) is 0 Å². The molecule has 1 nitrogen and oxygen atoms in total. The van der Waals surface area contributed by atoms with E-state index in [-0.39, 0.29) is 11.1 Å². The van der Waals surface area contributed by atoms with Crippen molar-refractivity contribution < 1.29 is 4.39 Å². The summed E-state index contributed by atoms with van der Waals surface area (Å²) in [6.07, 6.45) is 0.599. The summed E-state index contributed by atoms with van der Waals surface area (Å²) in [6.45, 7) is 2.78. The lowest BCUT2D eigenvalue weighted by atomic mass is 9.98. The zero-order valence-electron chi connectivity index (χ0n) is 11.5. The Labute approximate surface area is 139 Å². The molecule has 1 N–H and O–H groups in total. The average Bonchev–Trinajstić information content (AvgIpc) is 2.45. The van der Waals surface area contributed by atoms with Gasteiger partial charge >= 0.3 is 0 Å². The quantitative estimate of drug-likeness (QED) is 0.734. The third kappa shape index (κ3) is 4.33. The third-order valence-electron chi connectivity index (χ3n) is 3.21. The maximum Gasteiger partial charge on any atom is 0.142 e. The Kier molecular flexibility index (Phi) is 5.88. The molecule has 0 aromatic heterocycles. The summed E-state index contributed by atoms with van der Waals surface area (Å²) >= 11 is 18.0. The van der Waals surface area contributed by atoms with Gasteiger partial charge in [-0.1, -0.05) is 47.8 Å². The van der Waals surface area contributed by atoms with Gasteiger partial charge in [0.2, 0.25) is 0 Å². The van der Waals surface area contributed by atoms with Gasteiger partial charge in [0.25, 0.3) is 0 Å². The highest BCUT2D eigenvalue weighted by Crippen LogP contribution is 2.29. The maximum absolute atomic E-state index is 13.6. The Balaban J connectivity index is 2.30. The van der Waals surface area contributed by atoms with Crippen molar-refractivity contribution >= 4 is 34.8 Å². The van der Waals surface area contributed by atoms with Crippen molar-refractivity contribution in [2.45, 2.75) is 19.4 Å². The standard InChI is InChI=1S/C16H15Cl3FN/c1-2-21-16(12-9-11(17)4-6-13(12)18)8-10-3-5-14(19)15(20)7-10/h3-7,9,16,21H,2,8H2,1H3. The molecule has 1 unspecified atom stereocenters. The number of nitrogens with one attached hydrogen (secondary N) is 1. The first kappa shape index (κ1) is 16.6. The SMILES string of the molecule is CCNC(Cc1ccc(Cl)c(F)c1)c1cc(Cl)ccc1Cl. The number of benzene rings is 2. The Morgan fingerprint density at radius 2 is 1.76 bits per heavy atom. The van der Waals surface area contributed by atoms with Crippen LogP contribution in [-0.2, 0) is 6.42 Å². The topological polar surface area (TPSA) is 12.0 Å². The molecule has 0 radical (unpaired) electrons. The maximum atomic E-state index is 13.6. The average molecular weight is 347 g/mol. The Morgan fingerprint density at radius 3 is 2.43 bits per heavy atom. The summed E-state index contributed by atoms with van der Waals surface area (Å²) < 4.78 is 13.6. The Hall–Kier alpha value is -0.800. The highest BCUT2D eigenvalue weighted by Gasteiger charge is 2.16. The van der Waals surface area contributed by atoms with E-state index < -0.39 is 5.82 Å². The minimum Gasteiger partial charge on any atom is -0.310 e. The van der Waals surface area contributed by atoms with Crippen LogP contribution in [0.25, 0.3) is 0 Å². The molecule has 0 spiro atoms. The van der Waals surface area contributed by atoms with Gasteiger partial charge in [0.1, 0.15) is 5.82 Å². The second-order valence-electron chi connectivity index (χ2n) is 4.73. The molecule has 2 aromatic carbocycles. The number of likely N-dealkylation sites (N-methyl/N-ethyl adjacent to an activating group) is 1. The molecule has 0 amide bonds. The van der Waals surface area contributed by atoms with Crippen LogP contribution in [0.1, 0.15) is 24.1 Å². The van der Waals surface area contributed by atoms with Gasteiger partial charge in [-0.2, -0.15) is 0 Å². The fourth-order valence-corrected chi connectivity index (χ4v) is 2.77. The van der Waals surface area contributed by atoms with Gasteiger partial charge in [0.15, 0.2) is 0 Å². The largest absolute Gasteiger partial charge is 0.310 e. The molecule has 0 heterocycles. The molecule has 2 aromatic rings. The molecular formula is C16H15Cl3FN. The van der Waals surface area contributed by atoms with Crippen LogP contribution >= 0.6 is 34.8 Å². The van der Waals surface area contributed by atoms with Crippen LogP contribution in [0, 0.1) is 5.82 Å². The van der Waals surface area contributed by atoms with E-state index in [1.54, 1.807) is 18.2 Å². The summed E-state index contributed by atoms with van der Waals surface area (Å²) in [5.74, 6) is -0.415. The van der Waals surface area contributed by atoms with Crippen molar-refractivity contribution in [3.63, 3.8) is 0 Å². The van der Waals surface area contributed by atoms with Gasteiger partial charge in [-0.05, 0) is 54.4 Å². The van der Waals surface area contributed by atoms with Gasteiger partial charge in [0, 0.05) is 16.1 Å². The molecule has 5 heteroatoms.